The molecule has 0 fully saturated rings. The van der Waals surface area contributed by atoms with Crippen LogP contribution in [-0.4, -0.2) is 20.0 Å². The smallest absolute Gasteiger partial charge is 0.195 e. The largest absolute Gasteiger partial charge is 0.493 e. The summed E-state index contributed by atoms with van der Waals surface area (Å²) in [5.41, 5.74) is 1.24. The third-order valence-corrected chi connectivity index (χ3v) is 4.99. The van der Waals surface area contributed by atoms with E-state index < -0.39 is 0 Å². The second kappa shape index (κ2) is 6.23. The van der Waals surface area contributed by atoms with Crippen molar-refractivity contribution in [3.63, 3.8) is 0 Å². The van der Waals surface area contributed by atoms with Crippen molar-refractivity contribution in [2.24, 2.45) is 0 Å². The molecule has 0 radical (unpaired) electrons. The number of carbonyl (C=O) groups is 1. The Bertz CT molecular complexity index is 624. The Morgan fingerprint density at radius 1 is 1.21 bits per heavy atom. The van der Waals surface area contributed by atoms with Crippen LogP contribution in [-0.2, 0) is 0 Å². The van der Waals surface area contributed by atoms with E-state index in [2.05, 4.69) is 38.5 Å². The van der Waals surface area contributed by atoms with Crippen LogP contribution in [0.2, 0.25) is 0 Å². The van der Waals surface area contributed by atoms with Crippen molar-refractivity contribution in [2.45, 2.75) is 0 Å². The summed E-state index contributed by atoms with van der Waals surface area (Å²) < 4.78 is 12.2. The highest BCUT2D eigenvalue weighted by Crippen LogP contribution is 2.34. The van der Waals surface area contributed by atoms with Gasteiger partial charge in [-0.2, -0.15) is 0 Å². The van der Waals surface area contributed by atoms with E-state index in [1.54, 1.807) is 37.7 Å². The SMILES string of the molecule is COc1cc(Br)c(C(=O)c2csc(I)c2)cc1OC. The Hall–Kier alpha value is -0.600. The lowest BCUT2D eigenvalue weighted by molar-refractivity contribution is 0.103. The van der Waals surface area contributed by atoms with Crippen molar-refractivity contribution < 1.29 is 14.3 Å². The Balaban J connectivity index is 2.47. The molecule has 0 aliphatic rings. The molecular formula is C13H10BrIO3S. The molecule has 0 atom stereocenters. The minimum Gasteiger partial charge on any atom is -0.493 e. The Labute approximate surface area is 137 Å². The van der Waals surface area contributed by atoms with Crippen LogP contribution in [0.3, 0.4) is 0 Å². The molecule has 0 bridgehead atoms. The molecule has 0 spiro atoms. The van der Waals surface area contributed by atoms with Gasteiger partial charge in [0.05, 0.1) is 17.1 Å². The Kier molecular flexibility index (Phi) is 4.86. The van der Waals surface area contributed by atoms with E-state index in [0.29, 0.717) is 27.1 Å². The molecule has 1 aromatic heterocycles. The van der Waals surface area contributed by atoms with Gasteiger partial charge in [0, 0.05) is 21.0 Å². The number of ketones is 1. The number of methoxy groups -OCH3 is 2. The molecule has 6 heteroatoms. The lowest BCUT2D eigenvalue weighted by Crippen LogP contribution is -2.02. The summed E-state index contributed by atoms with van der Waals surface area (Å²) in [7, 11) is 3.11. The van der Waals surface area contributed by atoms with Gasteiger partial charge in [-0.3, -0.25) is 4.79 Å². The number of carbonyl (C=O) groups excluding carboxylic acids is 1. The number of ether oxygens (including phenoxy) is 2. The van der Waals surface area contributed by atoms with Crippen molar-refractivity contribution in [3.05, 3.63) is 42.1 Å². The predicted molar refractivity (Wildman–Crippen MR) is 87.7 cm³/mol. The van der Waals surface area contributed by atoms with E-state index in [9.17, 15) is 4.79 Å². The van der Waals surface area contributed by atoms with Crippen LogP contribution in [0.5, 0.6) is 11.5 Å². The van der Waals surface area contributed by atoms with E-state index in [0.717, 1.165) is 2.88 Å². The van der Waals surface area contributed by atoms with E-state index in [1.165, 1.54) is 0 Å². The molecular weight excluding hydrogens is 443 g/mol. The van der Waals surface area contributed by atoms with Gasteiger partial charge in [0.15, 0.2) is 17.3 Å². The molecule has 19 heavy (non-hydrogen) atoms. The molecule has 0 unspecified atom stereocenters. The van der Waals surface area contributed by atoms with Crippen molar-refractivity contribution in [3.8, 4) is 11.5 Å². The van der Waals surface area contributed by atoms with Gasteiger partial charge in [0.1, 0.15) is 0 Å². The summed E-state index contributed by atoms with van der Waals surface area (Å²) in [6.45, 7) is 0. The van der Waals surface area contributed by atoms with Gasteiger partial charge in [0.25, 0.3) is 0 Å². The summed E-state index contributed by atoms with van der Waals surface area (Å²) in [6.07, 6.45) is 0. The van der Waals surface area contributed by atoms with E-state index in [1.807, 2.05) is 11.4 Å². The van der Waals surface area contributed by atoms with Gasteiger partial charge in [-0.25, -0.2) is 0 Å². The topological polar surface area (TPSA) is 35.5 Å². The number of hydrogen-bond donors (Lipinski definition) is 0. The number of rotatable bonds is 4. The monoisotopic (exact) mass is 452 g/mol. The minimum atomic E-state index is -0.0352. The van der Waals surface area contributed by atoms with Crippen molar-refractivity contribution in [1.82, 2.24) is 0 Å². The maximum atomic E-state index is 12.4. The van der Waals surface area contributed by atoms with E-state index in [4.69, 9.17) is 9.47 Å². The molecule has 2 rings (SSSR count). The molecule has 2 aromatic rings. The van der Waals surface area contributed by atoms with Gasteiger partial charge in [0.2, 0.25) is 0 Å². The van der Waals surface area contributed by atoms with Crippen molar-refractivity contribution in [1.29, 1.82) is 0 Å². The molecule has 0 N–H and O–H groups in total. The lowest BCUT2D eigenvalue weighted by atomic mass is 10.1. The van der Waals surface area contributed by atoms with Crippen molar-refractivity contribution >= 4 is 55.6 Å². The minimum absolute atomic E-state index is 0.0352. The van der Waals surface area contributed by atoms with Crippen molar-refractivity contribution in [2.75, 3.05) is 14.2 Å². The summed E-state index contributed by atoms with van der Waals surface area (Å²) in [5.74, 6) is 1.09. The summed E-state index contributed by atoms with van der Waals surface area (Å²) in [6, 6.07) is 5.30. The second-order valence-electron chi connectivity index (χ2n) is 3.66. The first-order chi connectivity index (χ1) is 9.06. The van der Waals surface area contributed by atoms with E-state index in [-0.39, 0.29) is 5.78 Å². The third-order valence-electron chi connectivity index (χ3n) is 2.55. The van der Waals surface area contributed by atoms with Gasteiger partial charge in [-0.15, -0.1) is 11.3 Å². The van der Waals surface area contributed by atoms with Crippen LogP contribution < -0.4 is 9.47 Å². The van der Waals surface area contributed by atoms with Crippen LogP contribution in [0, 0.1) is 2.88 Å². The summed E-state index contributed by atoms with van der Waals surface area (Å²) >= 11 is 7.14. The van der Waals surface area contributed by atoms with Crippen LogP contribution in [0.15, 0.2) is 28.1 Å². The normalized spacial score (nSPS) is 10.3. The molecule has 100 valence electrons. The number of hydrogen-bond acceptors (Lipinski definition) is 4. The van der Waals surface area contributed by atoms with Crippen LogP contribution in [0.4, 0.5) is 0 Å². The Morgan fingerprint density at radius 2 is 1.84 bits per heavy atom. The molecule has 3 nitrogen and oxygen atoms in total. The van der Waals surface area contributed by atoms with Gasteiger partial charge in [-0.1, -0.05) is 0 Å². The third kappa shape index (κ3) is 3.11. The highest BCUT2D eigenvalue weighted by Gasteiger charge is 2.17. The maximum absolute atomic E-state index is 12.4. The zero-order chi connectivity index (χ0) is 14.0. The average Bonchev–Trinajstić information content (AvgIpc) is 2.84. The first-order valence-corrected chi connectivity index (χ1v) is 8.02. The molecule has 0 amide bonds. The fourth-order valence-electron chi connectivity index (χ4n) is 1.61. The first-order valence-electron chi connectivity index (χ1n) is 5.27. The number of halogens is 2. The molecule has 0 saturated heterocycles. The number of benzene rings is 1. The van der Waals surface area contributed by atoms with Gasteiger partial charge < -0.3 is 9.47 Å². The molecule has 1 aromatic carbocycles. The highest BCUT2D eigenvalue weighted by atomic mass is 127. The quantitative estimate of drug-likeness (QED) is 0.510. The molecule has 0 aliphatic heterocycles. The summed E-state index contributed by atoms with van der Waals surface area (Å²) in [5, 5.41) is 1.85. The molecule has 0 aliphatic carbocycles. The number of thiophene rings is 1. The Morgan fingerprint density at radius 3 is 2.37 bits per heavy atom. The highest BCUT2D eigenvalue weighted by molar-refractivity contribution is 14.1. The van der Waals surface area contributed by atoms with Crippen LogP contribution in [0.1, 0.15) is 15.9 Å². The zero-order valence-electron chi connectivity index (χ0n) is 10.2. The first kappa shape index (κ1) is 14.8. The molecule has 1 heterocycles. The summed E-state index contributed by atoms with van der Waals surface area (Å²) in [4.78, 5) is 12.4. The maximum Gasteiger partial charge on any atom is 0.195 e. The average molecular weight is 453 g/mol. The van der Waals surface area contributed by atoms with E-state index >= 15 is 0 Å². The standard InChI is InChI=1S/C13H10BrIO3S/c1-17-10-4-8(9(14)5-11(10)18-2)13(16)7-3-12(15)19-6-7/h3-6H,1-2H3. The van der Waals surface area contributed by atoms with Crippen LogP contribution >= 0.6 is 49.9 Å². The lowest BCUT2D eigenvalue weighted by Gasteiger charge is -2.10. The van der Waals surface area contributed by atoms with Crippen LogP contribution in [0.25, 0.3) is 0 Å². The predicted octanol–water partition coefficient (Wildman–Crippen LogP) is 4.36. The molecule has 0 saturated carbocycles. The zero-order valence-corrected chi connectivity index (χ0v) is 14.8. The fraction of sp³-hybridized carbons (Fsp3) is 0.154. The van der Waals surface area contributed by atoms with Gasteiger partial charge >= 0.3 is 0 Å². The van der Waals surface area contributed by atoms with Gasteiger partial charge in [-0.05, 0) is 56.7 Å². The second-order valence-corrected chi connectivity index (χ2v) is 7.32. The fourth-order valence-corrected chi connectivity index (χ4v) is 3.44.